The molecule has 0 saturated heterocycles. The molecule has 0 N–H and O–H groups in total. The van der Waals surface area contributed by atoms with E-state index in [1.54, 1.807) is 12.3 Å². The molecule has 0 bridgehead atoms. The molecule has 0 aromatic carbocycles. The van der Waals surface area contributed by atoms with Crippen LogP contribution in [0.5, 0.6) is 0 Å². The van der Waals surface area contributed by atoms with Gasteiger partial charge in [-0.3, -0.25) is 0 Å². The third kappa shape index (κ3) is 1.65. The average Bonchev–Trinajstić information content (AvgIpc) is 2.74. The van der Waals surface area contributed by atoms with Crippen LogP contribution in [-0.4, -0.2) is 15.3 Å². The number of hydrogen-bond donors (Lipinski definition) is 0. The first kappa shape index (κ1) is 8.64. The maximum absolute atomic E-state index is 5.19. The van der Waals surface area contributed by atoms with Gasteiger partial charge in [0.2, 0.25) is 5.89 Å². The Hall–Kier alpha value is -1.65. The van der Waals surface area contributed by atoms with Crippen LogP contribution in [0.15, 0.2) is 21.4 Å². The van der Waals surface area contributed by atoms with Crippen LogP contribution in [0.4, 0.5) is 0 Å². The maximum atomic E-state index is 5.19. The van der Waals surface area contributed by atoms with Crippen LogP contribution in [0, 0.1) is 5.92 Å². The highest BCUT2D eigenvalue weighted by atomic mass is 16.5. The molecule has 1 aliphatic rings. The summed E-state index contributed by atoms with van der Waals surface area (Å²) in [4.78, 5) is 4.34. The van der Waals surface area contributed by atoms with E-state index in [0.717, 1.165) is 18.0 Å². The molecule has 1 saturated carbocycles. The van der Waals surface area contributed by atoms with E-state index in [9.17, 15) is 0 Å². The van der Waals surface area contributed by atoms with Crippen LogP contribution in [-0.2, 0) is 6.42 Å². The molecular weight excluding hydrogens is 194 g/mol. The lowest BCUT2D eigenvalue weighted by molar-refractivity contribution is 0.371. The lowest BCUT2D eigenvalue weighted by atomic mass is 10.3. The highest BCUT2D eigenvalue weighted by Gasteiger charge is 2.38. The highest BCUT2D eigenvalue weighted by molar-refractivity contribution is 5.09. The molecule has 0 unspecified atom stereocenters. The van der Waals surface area contributed by atoms with Crippen LogP contribution in [0.1, 0.15) is 36.7 Å². The fraction of sp³-hybridized carbons (Fsp3) is 0.500. The summed E-state index contributed by atoms with van der Waals surface area (Å²) in [5.74, 6) is 2.60. The molecule has 0 radical (unpaired) electrons. The zero-order valence-electron chi connectivity index (χ0n) is 8.38. The number of nitrogens with zero attached hydrogens (tertiary/aromatic N) is 3. The average molecular weight is 205 g/mol. The molecule has 2 atom stereocenters. The lowest BCUT2D eigenvalue weighted by Crippen LogP contribution is -1.91. The van der Waals surface area contributed by atoms with Crippen molar-refractivity contribution in [2.45, 2.75) is 25.7 Å². The molecular formula is C10H11N3O2. The van der Waals surface area contributed by atoms with Crippen molar-refractivity contribution < 1.29 is 9.05 Å². The number of rotatable bonds is 3. The van der Waals surface area contributed by atoms with Gasteiger partial charge in [0.15, 0.2) is 5.82 Å². The first-order chi connectivity index (χ1) is 7.33. The van der Waals surface area contributed by atoms with Gasteiger partial charge >= 0.3 is 0 Å². The Labute approximate surface area is 86.5 Å². The Morgan fingerprint density at radius 3 is 3.00 bits per heavy atom. The Balaban J connectivity index is 1.74. The Kier molecular flexibility index (Phi) is 1.83. The summed E-state index contributed by atoms with van der Waals surface area (Å²) in [6, 6.07) is 1.80. The van der Waals surface area contributed by atoms with E-state index in [1.807, 2.05) is 0 Å². The summed E-state index contributed by atoms with van der Waals surface area (Å²) in [7, 11) is 0. The van der Waals surface area contributed by atoms with E-state index in [4.69, 9.17) is 9.05 Å². The van der Waals surface area contributed by atoms with Crippen molar-refractivity contribution in [2.75, 3.05) is 0 Å². The second kappa shape index (κ2) is 3.18. The third-order valence-electron chi connectivity index (χ3n) is 2.74. The van der Waals surface area contributed by atoms with E-state index < -0.39 is 0 Å². The monoisotopic (exact) mass is 205 g/mol. The first-order valence-electron chi connectivity index (χ1n) is 5.04. The second-order valence-electron chi connectivity index (χ2n) is 4.04. The lowest BCUT2D eigenvalue weighted by Gasteiger charge is -1.85. The predicted octanol–water partition coefficient (Wildman–Crippen LogP) is 1.77. The molecule has 1 aliphatic carbocycles. The molecule has 5 nitrogen and oxygen atoms in total. The zero-order valence-corrected chi connectivity index (χ0v) is 8.38. The summed E-state index contributed by atoms with van der Waals surface area (Å²) in [5.41, 5.74) is 0.825. The Morgan fingerprint density at radius 1 is 1.47 bits per heavy atom. The van der Waals surface area contributed by atoms with Gasteiger partial charge in [0.05, 0.1) is 12.1 Å². The van der Waals surface area contributed by atoms with Gasteiger partial charge in [0, 0.05) is 12.0 Å². The van der Waals surface area contributed by atoms with Crippen molar-refractivity contribution in [1.29, 1.82) is 0 Å². The first-order valence-corrected chi connectivity index (χ1v) is 5.04. The topological polar surface area (TPSA) is 65.0 Å². The molecule has 1 fully saturated rings. The summed E-state index contributed by atoms with van der Waals surface area (Å²) in [6.45, 7) is 2.19. The van der Waals surface area contributed by atoms with Crippen molar-refractivity contribution in [3.63, 3.8) is 0 Å². The van der Waals surface area contributed by atoms with Crippen molar-refractivity contribution in [1.82, 2.24) is 15.3 Å². The Morgan fingerprint density at radius 2 is 2.33 bits per heavy atom. The molecule has 2 aromatic rings. The minimum Gasteiger partial charge on any atom is -0.364 e. The molecule has 5 heteroatoms. The van der Waals surface area contributed by atoms with Crippen LogP contribution in [0.3, 0.4) is 0 Å². The van der Waals surface area contributed by atoms with Gasteiger partial charge in [0.1, 0.15) is 6.26 Å². The highest BCUT2D eigenvalue weighted by Crippen LogP contribution is 2.45. The van der Waals surface area contributed by atoms with Gasteiger partial charge in [-0.25, -0.2) is 0 Å². The summed E-state index contributed by atoms with van der Waals surface area (Å²) in [5, 5.41) is 7.72. The number of aromatic nitrogens is 3. The fourth-order valence-electron chi connectivity index (χ4n) is 1.65. The van der Waals surface area contributed by atoms with Crippen molar-refractivity contribution in [3.8, 4) is 0 Å². The normalized spacial score (nSPS) is 24.3. The minimum atomic E-state index is 0.476. The third-order valence-corrected chi connectivity index (χ3v) is 2.74. The molecule has 2 heterocycles. The molecule has 0 spiro atoms. The Bertz CT molecular complexity index is 449. The van der Waals surface area contributed by atoms with E-state index in [2.05, 4.69) is 22.2 Å². The van der Waals surface area contributed by atoms with Gasteiger partial charge in [-0.1, -0.05) is 17.2 Å². The van der Waals surface area contributed by atoms with E-state index >= 15 is 0 Å². The van der Waals surface area contributed by atoms with Gasteiger partial charge in [-0.2, -0.15) is 4.98 Å². The summed E-state index contributed by atoms with van der Waals surface area (Å²) >= 11 is 0. The van der Waals surface area contributed by atoms with Crippen molar-refractivity contribution in [3.05, 3.63) is 29.7 Å². The largest absolute Gasteiger partial charge is 0.364 e. The van der Waals surface area contributed by atoms with E-state index in [0.29, 0.717) is 24.1 Å². The SMILES string of the molecule is C[C@H]1C[C@@H]1c1nc(Cc2ccon2)no1. The summed E-state index contributed by atoms with van der Waals surface area (Å²) < 4.78 is 9.92. The molecule has 15 heavy (non-hydrogen) atoms. The summed E-state index contributed by atoms with van der Waals surface area (Å²) in [6.07, 6.45) is 3.27. The molecule has 0 amide bonds. The fourth-order valence-corrected chi connectivity index (χ4v) is 1.65. The van der Waals surface area contributed by atoms with Crippen LogP contribution in [0.25, 0.3) is 0 Å². The van der Waals surface area contributed by atoms with Gasteiger partial charge in [0.25, 0.3) is 0 Å². The maximum Gasteiger partial charge on any atom is 0.230 e. The second-order valence-corrected chi connectivity index (χ2v) is 4.04. The zero-order chi connectivity index (χ0) is 10.3. The van der Waals surface area contributed by atoms with Crippen LogP contribution >= 0.6 is 0 Å². The van der Waals surface area contributed by atoms with Gasteiger partial charge in [-0.15, -0.1) is 0 Å². The molecule has 2 aromatic heterocycles. The van der Waals surface area contributed by atoms with Crippen molar-refractivity contribution in [2.24, 2.45) is 5.92 Å². The van der Waals surface area contributed by atoms with Crippen molar-refractivity contribution >= 4 is 0 Å². The number of hydrogen-bond acceptors (Lipinski definition) is 5. The standard InChI is InChI=1S/C10H11N3O2/c1-6-4-8(6)10-11-9(13-15-10)5-7-2-3-14-12-7/h2-3,6,8H,4-5H2,1H3/t6-,8-/m0/s1. The predicted molar refractivity (Wildman–Crippen MR) is 50.1 cm³/mol. The van der Waals surface area contributed by atoms with Crippen LogP contribution in [0.2, 0.25) is 0 Å². The van der Waals surface area contributed by atoms with Gasteiger partial charge < -0.3 is 9.05 Å². The molecule has 0 aliphatic heterocycles. The minimum absolute atomic E-state index is 0.476. The van der Waals surface area contributed by atoms with Crippen LogP contribution < -0.4 is 0 Å². The van der Waals surface area contributed by atoms with E-state index in [-0.39, 0.29) is 0 Å². The van der Waals surface area contributed by atoms with Gasteiger partial charge in [-0.05, 0) is 12.3 Å². The molecule has 78 valence electrons. The smallest absolute Gasteiger partial charge is 0.230 e. The molecule has 3 rings (SSSR count). The quantitative estimate of drug-likeness (QED) is 0.764. The van der Waals surface area contributed by atoms with E-state index in [1.165, 1.54) is 0 Å².